The molecule has 2 N–H and O–H groups in total. The molecule has 1 aromatic heterocycles. The number of hydrazone groups is 1. The van der Waals surface area contributed by atoms with Crippen LogP contribution in [0, 0.1) is 6.92 Å². The Morgan fingerprint density at radius 1 is 0.842 bits per heavy atom. The lowest BCUT2D eigenvalue weighted by Gasteiger charge is -2.14. The summed E-state index contributed by atoms with van der Waals surface area (Å²) >= 11 is 0. The van der Waals surface area contributed by atoms with Gasteiger partial charge in [-0.05, 0) is 68.3 Å². The number of nitrogens with zero attached hydrogens (tertiary/aromatic N) is 3. The van der Waals surface area contributed by atoms with Gasteiger partial charge < -0.3 is 9.73 Å². The van der Waals surface area contributed by atoms with Crippen LogP contribution in [0.5, 0.6) is 0 Å². The molecule has 10 heteroatoms. The van der Waals surface area contributed by atoms with Gasteiger partial charge >= 0.3 is 0 Å². The molecule has 0 radical (unpaired) electrons. The highest BCUT2D eigenvalue weighted by atomic mass is 32.2. The van der Waals surface area contributed by atoms with Gasteiger partial charge in [0.15, 0.2) is 5.76 Å². The summed E-state index contributed by atoms with van der Waals surface area (Å²) in [6.45, 7) is 1.77. The number of sulfonamides is 1. The number of carbonyl (C=O) groups excluding carboxylic acids is 1. The van der Waals surface area contributed by atoms with E-state index in [0.29, 0.717) is 46.8 Å². The molecule has 38 heavy (non-hydrogen) atoms. The number of aryl methyl sites for hydroxylation is 1. The van der Waals surface area contributed by atoms with Gasteiger partial charge in [-0.2, -0.15) is 28.6 Å². The molecule has 0 unspecified atom stereocenters. The minimum absolute atomic E-state index is 0.122. The molecule has 1 heterocycles. The molecule has 1 amide bonds. The second kappa shape index (κ2) is 10.8. The summed E-state index contributed by atoms with van der Waals surface area (Å²) in [6.07, 6.45) is 1.92. The normalized spacial score (nSPS) is 14.4. The fourth-order valence-corrected chi connectivity index (χ4v) is 5.02. The van der Waals surface area contributed by atoms with Crippen LogP contribution >= 0.6 is 0 Å². The highest BCUT2D eigenvalue weighted by molar-refractivity contribution is 7.89. The molecule has 0 spiro atoms. The average Bonchev–Trinajstić information content (AvgIpc) is 3.29. The third-order valence-corrected chi connectivity index (χ3v) is 7.27. The molecule has 0 saturated heterocycles. The summed E-state index contributed by atoms with van der Waals surface area (Å²) in [6, 6.07) is 24.4. The van der Waals surface area contributed by atoms with Crippen molar-refractivity contribution in [2.75, 3.05) is 5.32 Å². The fourth-order valence-electron chi connectivity index (χ4n) is 4.17. The Bertz CT molecular complexity index is 1610. The molecule has 1 aliphatic carbocycles. The second-order valence-corrected chi connectivity index (χ2v) is 10.4. The zero-order valence-corrected chi connectivity index (χ0v) is 21.4. The van der Waals surface area contributed by atoms with Crippen molar-refractivity contribution in [1.82, 2.24) is 4.83 Å². The fraction of sp³-hybridized carbons (Fsp3) is 0.143. The van der Waals surface area contributed by atoms with E-state index in [4.69, 9.17) is 4.42 Å². The maximum absolute atomic E-state index is 13.1. The van der Waals surface area contributed by atoms with Gasteiger partial charge in [-0.3, -0.25) is 4.79 Å². The first-order valence-electron chi connectivity index (χ1n) is 12.0. The van der Waals surface area contributed by atoms with Crippen LogP contribution in [0.25, 0.3) is 0 Å². The number of fused-ring (bicyclic) bond motifs is 1. The lowest BCUT2D eigenvalue weighted by atomic mass is 9.93. The van der Waals surface area contributed by atoms with Crippen molar-refractivity contribution >= 4 is 38.7 Å². The number of nitrogens with one attached hydrogen (secondary N) is 2. The van der Waals surface area contributed by atoms with Crippen molar-refractivity contribution in [1.29, 1.82) is 0 Å². The van der Waals surface area contributed by atoms with E-state index >= 15 is 0 Å². The van der Waals surface area contributed by atoms with Crippen LogP contribution in [0.4, 0.5) is 17.1 Å². The van der Waals surface area contributed by atoms with E-state index in [0.717, 1.165) is 12.1 Å². The zero-order chi connectivity index (χ0) is 26.5. The first-order chi connectivity index (χ1) is 18.4. The van der Waals surface area contributed by atoms with E-state index in [1.807, 2.05) is 30.3 Å². The minimum atomic E-state index is -3.81. The quantitative estimate of drug-likeness (QED) is 0.217. The Morgan fingerprint density at radius 3 is 2.16 bits per heavy atom. The third-order valence-electron chi connectivity index (χ3n) is 6.05. The molecule has 0 aliphatic heterocycles. The predicted octanol–water partition coefficient (Wildman–Crippen LogP) is 6.27. The zero-order valence-electron chi connectivity index (χ0n) is 20.6. The van der Waals surface area contributed by atoms with Gasteiger partial charge in [-0.25, -0.2) is 0 Å². The van der Waals surface area contributed by atoms with Crippen LogP contribution in [-0.2, 0) is 16.4 Å². The largest absolute Gasteiger partial charge is 0.455 e. The molecule has 3 aromatic carbocycles. The van der Waals surface area contributed by atoms with E-state index in [9.17, 15) is 13.2 Å². The number of rotatable bonds is 7. The second-order valence-electron chi connectivity index (χ2n) is 8.71. The van der Waals surface area contributed by atoms with E-state index in [1.165, 1.54) is 12.1 Å². The lowest BCUT2D eigenvalue weighted by Crippen LogP contribution is -2.22. The summed E-state index contributed by atoms with van der Waals surface area (Å²) in [5, 5.41) is 15.4. The van der Waals surface area contributed by atoms with Gasteiger partial charge in [0.2, 0.25) is 0 Å². The first-order valence-corrected chi connectivity index (χ1v) is 13.5. The summed E-state index contributed by atoms with van der Waals surface area (Å²) in [4.78, 5) is 15.5. The molecule has 5 rings (SSSR count). The first kappa shape index (κ1) is 25.1. The van der Waals surface area contributed by atoms with E-state index < -0.39 is 15.9 Å². The van der Waals surface area contributed by atoms with E-state index in [2.05, 4.69) is 25.5 Å². The molecule has 9 nitrogen and oxygen atoms in total. The maximum Gasteiger partial charge on any atom is 0.291 e. The molecule has 0 saturated carbocycles. The molecule has 0 bridgehead atoms. The Hall–Kier alpha value is -4.57. The monoisotopic (exact) mass is 527 g/mol. The molecule has 1 aliphatic rings. The maximum atomic E-state index is 13.1. The van der Waals surface area contributed by atoms with Gasteiger partial charge in [-0.15, -0.1) is 0 Å². The Morgan fingerprint density at radius 2 is 1.47 bits per heavy atom. The molecule has 0 atom stereocenters. The van der Waals surface area contributed by atoms with Crippen LogP contribution < -0.4 is 10.1 Å². The summed E-state index contributed by atoms with van der Waals surface area (Å²) in [7, 11) is -3.81. The Balaban J connectivity index is 1.31. The van der Waals surface area contributed by atoms with Crippen LogP contribution in [-0.4, -0.2) is 20.0 Å². The number of anilines is 1. The Kier molecular flexibility index (Phi) is 7.14. The number of hydrogen-bond donors (Lipinski definition) is 2. The van der Waals surface area contributed by atoms with Crippen molar-refractivity contribution in [3.8, 4) is 0 Å². The Labute approximate surface area is 220 Å². The van der Waals surface area contributed by atoms with E-state index in [1.54, 1.807) is 49.4 Å². The number of benzene rings is 3. The van der Waals surface area contributed by atoms with Crippen molar-refractivity contribution in [3.05, 3.63) is 108 Å². The molecular formula is C28H25N5O4S. The number of azo groups is 1. The van der Waals surface area contributed by atoms with Gasteiger partial charge in [-0.1, -0.05) is 36.4 Å². The molecule has 0 fully saturated rings. The minimum Gasteiger partial charge on any atom is -0.455 e. The third kappa shape index (κ3) is 5.55. The number of carbonyl (C=O) groups is 1. The lowest BCUT2D eigenvalue weighted by molar-refractivity contribution is 0.0994. The van der Waals surface area contributed by atoms with Crippen molar-refractivity contribution in [3.63, 3.8) is 0 Å². The van der Waals surface area contributed by atoms with Gasteiger partial charge in [0.1, 0.15) is 5.76 Å². The van der Waals surface area contributed by atoms with Crippen LogP contribution in [0.15, 0.2) is 110 Å². The summed E-state index contributed by atoms with van der Waals surface area (Å²) < 4.78 is 31.1. The predicted molar refractivity (Wildman–Crippen MR) is 145 cm³/mol. The van der Waals surface area contributed by atoms with Gasteiger partial charge in [0.05, 0.1) is 22.0 Å². The average molecular weight is 528 g/mol. The summed E-state index contributed by atoms with van der Waals surface area (Å²) in [5.74, 6) is 0.386. The SMILES string of the molecule is Cc1c(C(=O)Nc2ccc(N=Nc3ccccc3)cc2)oc2c1/C(=N/NS(=O)(=O)c1ccccc1)CCC2. The number of amides is 1. The van der Waals surface area contributed by atoms with Gasteiger partial charge in [0.25, 0.3) is 15.9 Å². The van der Waals surface area contributed by atoms with E-state index in [-0.39, 0.29) is 10.7 Å². The standard InChI is InChI=1S/C28H25N5O4S/c1-19-26-24(32-33-38(35,36)23-11-6-3-7-12-23)13-8-14-25(26)37-27(19)28(34)29-20-15-17-22(18-16-20)31-30-21-9-4-2-5-10-21/h2-7,9-12,15-18,33H,8,13-14H2,1H3,(H,29,34)/b31-30?,32-24+. The van der Waals surface area contributed by atoms with Gasteiger partial charge in [0, 0.05) is 23.2 Å². The van der Waals surface area contributed by atoms with Crippen molar-refractivity contribution < 1.29 is 17.6 Å². The number of hydrogen-bond acceptors (Lipinski definition) is 7. The topological polar surface area (TPSA) is 125 Å². The molecule has 192 valence electrons. The van der Waals surface area contributed by atoms with Crippen LogP contribution in [0.2, 0.25) is 0 Å². The van der Waals surface area contributed by atoms with Crippen LogP contribution in [0.3, 0.4) is 0 Å². The highest BCUT2D eigenvalue weighted by Gasteiger charge is 2.28. The van der Waals surface area contributed by atoms with Crippen molar-refractivity contribution in [2.45, 2.75) is 31.1 Å². The number of furan rings is 1. The summed E-state index contributed by atoms with van der Waals surface area (Å²) in [5.41, 5.74) is 3.80. The highest BCUT2D eigenvalue weighted by Crippen LogP contribution is 2.31. The van der Waals surface area contributed by atoms with Crippen molar-refractivity contribution in [2.24, 2.45) is 15.3 Å². The molecule has 4 aromatic rings. The smallest absolute Gasteiger partial charge is 0.291 e. The molecular weight excluding hydrogens is 502 g/mol. The van der Waals surface area contributed by atoms with Crippen LogP contribution in [0.1, 0.15) is 40.3 Å².